The SMILES string of the molecule is CCOCC1CC(C)(F)C1. The van der Waals surface area contributed by atoms with E-state index in [0.717, 1.165) is 13.2 Å². The third-order valence-corrected chi connectivity index (χ3v) is 1.99. The highest BCUT2D eigenvalue weighted by Gasteiger charge is 2.40. The first-order chi connectivity index (χ1) is 4.64. The van der Waals surface area contributed by atoms with Crippen molar-refractivity contribution in [1.29, 1.82) is 0 Å². The van der Waals surface area contributed by atoms with Crippen LogP contribution in [0.15, 0.2) is 0 Å². The van der Waals surface area contributed by atoms with Crippen molar-refractivity contribution in [2.75, 3.05) is 13.2 Å². The van der Waals surface area contributed by atoms with Gasteiger partial charge in [-0.05, 0) is 32.6 Å². The second kappa shape index (κ2) is 2.87. The summed E-state index contributed by atoms with van der Waals surface area (Å²) in [5.74, 6) is 0.481. The summed E-state index contributed by atoms with van der Waals surface area (Å²) in [6.45, 7) is 5.12. The molecule has 1 nitrogen and oxygen atoms in total. The largest absolute Gasteiger partial charge is 0.381 e. The van der Waals surface area contributed by atoms with E-state index in [1.165, 1.54) is 0 Å². The van der Waals surface area contributed by atoms with Crippen molar-refractivity contribution in [2.24, 2.45) is 5.92 Å². The molecule has 0 unspecified atom stereocenters. The highest BCUT2D eigenvalue weighted by molar-refractivity contribution is 4.90. The molecule has 0 atom stereocenters. The molecule has 0 amide bonds. The van der Waals surface area contributed by atoms with Gasteiger partial charge in [-0.25, -0.2) is 4.39 Å². The number of hydrogen-bond donors (Lipinski definition) is 0. The minimum Gasteiger partial charge on any atom is -0.381 e. The molecule has 0 N–H and O–H groups in total. The molecule has 1 aliphatic rings. The molecule has 0 aromatic carbocycles. The summed E-state index contributed by atoms with van der Waals surface area (Å²) < 4.78 is 18.0. The Hall–Kier alpha value is -0.110. The fourth-order valence-corrected chi connectivity index (χ4v) is 1.55. The van der Waals surface area contributed by atoms with Crippen molar-refractivity contribution in [3.8, 4) is 0 Å². The lowest BCUT2D eigenvalue weighted by atomic mass is 9.74. The summed E-state index contributed by atoms with van der Waals surface area (Å²) in [4.78, 5) is 0. The van der Waals surface area contributed by atoms with Crippen molar-refractivity contribution in [3.05, 3.63) is 0 Å². The zero-order valence-electron chi connectivity index (χ0n) is 6.69. The molecule has 0 bridgehead atoms. The van der Waals surface area contributed by atoms with Gasteiger partial charge in [0.05, 0.1) is 0 Å². The fraction of sp³-hybridized carbons (Fsp3) is 1.00. The van der Waals surface area contributed by atoms with Crippen LogP contribution in [-0.2, 0) is 4.74 Å². The van der Waals surface area contributed by atoms with Crippen LogP contribution in [0.25, 0.3) is 0 Å². The van der Waals surface area contributed by atoms with Gasteiger partial charge >= 0.3 is 0 Å². The summed E-state index contributed by atoms with van der Waals surface area (Å²) in [5.41, 5.74) is -0.887. The van der Waals surface area contributed by atoms with E-state index in [-0.39, 0.29) is 0 Å². The van der Waals surface area contributed by atoms with Crippen LogP contribution in [0.3, 0.4) is 0 Å². The number of rotatable bonds is 3. The predicted octanol–water partition coefficient (Wildman–Crippen LogP) is 2.16. The molecule has 1 rings (SSSR count). The van der Waals surface area contributed by atoms with Crippen molar-refractivity contribution in [1.82, 2.24) is 0 Å². The Bertz CT molecular complexity index is 104. The molecule has 10 heavy (non-hydrogen) atoms. The van der Waals surface area contributed by atoms with Crippen LogP contribution in [0.4, 0.5) is 4.39 Å². The minimum atomic E-state index is -0.887. The molecule has 0 aliphatic heterocycles. The van der Waals surface area contributed by atoms with Crippen molar-refractivity contribution >= 4 is 0 Å². The van der Waals surface area contributed by atoms with Gasteiger partial charge in [0.1, 0.15) is 5.67 Å². The summed E-state index contributed by atoms with van der Waals surface area (Å²) in [5, 5.41) is 0. The number of alkyl halides is 1. The van der Waals surface area contributed by atoms with Crippen LogP contribution in [-0.4, -0.2) is 18.9 Å². The Kier molecular flexibility index (Phi) is 2.29. The van der Waals surface area contributed by atoms with Gasteiger partial charge in [0, 0.05) is 13.2 Å². The molecule has 0 saturated heterocycles. The van der Waals surface area contributed by atoms with E-state index in [0.29, 0.717) is 18.8 Å². The molecule has 0 spiro atoms. The Balaban J connectivity index is 2.03. The third-order valence-electron chi connectivity index (χ3n) is 1.99. The molecule has 60 valence electrons. The summed E-state index contributed by atoms with van der Waals surface area (Å²) in [7, 11) is 0. The normalized spacial score (nSPS) is 39.3. The number of hydrogen-bond acceptors (Lipinski definition) is 1. The second-order valence-electron chi connectivity index (χ2n) is 3.35. The van der Waals surface area contributed by atoms with Crippen LogP contribution >= 0.6 is 0 Å². The van der Waals surface area contributed by atoms with Crippen LogP contribution in [0.5, 0.6) is 0 Å². The topological polar surface area (TPSA) is 9.23 Å². The Labute approximate surface area is 61.6 Å². The van der Waals surface area contributed by atoms with Gasteiger partial charge in [0.25, 0.3) is 0 Å². The quantitative estimate of drug-likeness (QED) is 0.593. The highest BCUT2D eigenvalue weighted by Crippen LogP contribution is 2.40. The van der Waals surface area contributed by atoms with Gasteiger partial charge in [-0.15, -0.1) is 0 Å². The van der Waals surface area contributed by atoms with Crippen molar-refractivity contribution in [3.63, 3.8) is 0 Å². The molecule has 1 saturated carbocycles. The average Bonchev–Trinajstić information content (AvgIpc) is 1.78. The van der Waals surface area contributed by atoms with Crippen LogP contribution in [0.2, 0.25) is 0 Å². The zero-order chi connectivity index (χ0) is 7.61. The molecule has 0 aromatic rings. The van der Waals surface area contributed by atoms with Crippen LogP contribution < -0.4 is 0 Å². The molecule has 1 fully saturated rings. The van der Waals surface area contributed by atoms with E-state index in [4.69, 9.17) is 4.74 Å². The maximum Gasteiger partial charge on any atom is 0.109 e. The van der Waals surface area contributed by atoms with Gasteiger partial charge in [0.2, 0.25) is 0 Å². The lowest BCUT2D eigenvalue weighted by Crippen LogP contribution is -2.38. The molecule has 1 aliphatic carbocycles. The van der Waals surface area contributed by atoms with E-state index < -0.39 is 5.67 Å². The molecule has 2 heteroatoms. The maximum absolute atomic E-state index is 12.8. The summed E-state index contributed by atoms with van der Waals surface area (Å²) in [6.07, 6.45) is 1.38. The van der Waals surface area contributed by atoms with Crippen LogP contribution in [0, 0.1) is 5.92 Å². The molecule has 0 aromatic heterocycles. The highest BCUT2D eigenvalue weighted by atomic mass is 19.1. The van der Waals surface area contributed by atoms with E-state index in [1.807, 2.05) is 6.92 Å². The number of ether oxygens (including phenoxy) is 1. The van der Waals surface area contributed by atoms with Gasteiger partial charge in [-0.1, -0.05) is 0 Å². The van der Waals surface area contributed by atoms with Crippen molar-refractivity contribution < 1.29 is 9.13 Å². The lowest BCUT2D eigenvalue weighted by molar-refractivity contribution is -0.0233. The lowest BCUT2D eigenvalue weighted by Gasteiger charge is -2.38. The second-order valence-corrected chi connectivity index (χ2v) is 3.35. The first-order valence-electron chi connectivity index (χ1n) is 3.91. The first-order valence-corrected chi connectivity index (χ1v) is 3.91. The standard InChI is InChI=1S/C8H15FO/c1-3-10-6-7-4-8(2,9)5-7/h7H,3-6H2,1-2H3. The van der Waals surface area contributed by atoms with Crippen LogP contribution in [0.1, 0.15) is 26.7 Å². The van der Waals surface area contributed by atoms with Gasteiger partial charge in [-0.2, -0.15) is 0 Å². The van der Waals surface area contributed by atoms with E-state index in [1.54, 1.807) is 6.92 Å². The van der Waals surface area contributed by atoms with E-state index in [2.05, 4.69) is 0 Å². The van der Waals surface area contributed by atoms with Gasteiger partial charge in [0.15, 0.2) is 0 Å². The monoisotopic (exact) mass is 146 g/mol. The summed E-state index contributed by atoms with van der Waals surface area (Å²) >= 11 is 0. The first kappa shape index (κ1) is 7.99. The molecule has 0 radical (unpaired) electrons. The molecule has 0 heterocycles. The van der Waals surface area contributed by atoms with Gasteiger partial charge in [-0.3, -0.25) is 0 Å². The zero-order valence-corrected chi connectivity index (χ0v) is 6.69. The molecular weight excluding hydrogens is 131 g/mol. The predicted molar refractivity (Wildman–Crippen MR) is 38.7 cm³/mol. The fourth-order valence-electron chi connectivity index (χ4n) is 1.55. The van der Waals surface area contributed by atoms with Crippen molar-refractivity contribution in [2.45, 2.75) is 32.4 Å². The Morgan fingerprint density at radius 3 is 2.60 bits per heavy atom. The van der Waals surface area contributed by atoms with Gasteiger partial charge < -0.3 is 4.74 Å². The summed E-state index contributed by atoms with van der Waals surface area (Å²) in [6, 6.07) is 0. The maximum atomic E-state index is 12.8. The Morgan fingerprint density at radius 2 is 2.20 bits per heavy atom. The Morgan fingerprint density at radius 1 is 1.60 bits per heavy atom. The number of halogens is 1. The minimum absolute atomic E-state index is 0.481. The van der Waals surface area contributed by atoms with E-state index >= 15 is 0 Å². The third kappa shape index (κ3) is 1.94. The smallest absolute Gasteiger partial charge is 0.109 e. The van der Waals surface area contributed by atoms with E-state index in [9.17, 15) is 4.39 Å². The average molecular weight is 146 g/mol. The molecular formula is C8H15FO.